The molecule has 148 valence electrons. The molecular formula is C19H14Cl2N4O3S. The molecule has 0 aliphatic carbocycles. The van der Waals surface area contributed by atoms with E-state index in [9.17, 15) is 13.2 Å². The quantitative estimate of drug-likeness (QED) is 0.438. The van der Waals surface area contributed by atoms with Crippen LogP contribution in [0.5, 0.6) is 0 Å². The van der Waals surface area contributed by atoms with Crippen LogP contribution in [0.15, 0.2) is 58.2 Å². The van der Waals surface area contributed by atoms with Crippen LogP contribution in [0, 0.1) is 0 Å². The number of aromatic amines is 2. The lowest BCUT2D eigenvalue weighted by atomic mass is 10.1. The minimum Gasteiger partial charge on any atom is -0.382 e. The van der Waals surface area contributed by atoms with E-state index in [0.717, 1.165) is 0 Å². The molecule has 0 radical (unpaired) electrons. The maximum Gasteiger partial charge on any atom is 0.261 e. The average Bonchev–Trinajstić information content (AvgIpc) is 3.05. The lowest BCUT2D eigenvalue weighted by molar-refractivity contribution is 0.595. The summed E-state index contributed by atoms with van der Waals surface area (Å²) in [5, 5.41) is 7.26. The van der Waals surface area contributed by atoms with Gasteiger partial charge in [-0.2, -0.15) is 5.10 Å². The average molecular weight is 449 g/mol. The van der Waals surface area contributed by atoms with Crippen LogP contribution < -0.4 is 11.3 Å². The van der Waals surface area contributed by atoms with Crippen molar-refractivity contribution in [3.63, 3.8) is 0 Å². The van der Waals surface area contributed by atoms with Gasteiger partial charge in [0.1, 0.15) is 5.39 Å². The number of nitrogens with two attached hydrogens (primary N) is 1. The summed E-state index contributed by atoms with van der Waals surface area (Å²) in [6.45, 7) is 0. The Morgan fingerprint density at radius 2 is 1.76 bits per heavy atom. The van der Waals surface area contributed by atoms with Gasteiger partial charge in [-0.15, -0.1) is 0 Å². The van der Waals surface area contributed by atoms with Crippen LogP contribution >= 0.6 is 23.2 Å². The van der Waals surface area contributed by atoms with Crippen molar-refractivity contribution in [1.29, 1.82) is 0 Å². The number of halogens is 2. The minimum atomic E-state index is -3.68. The third kappa shape index (κ3) is 3.74. The molecular weight excluding hydrogens is 435 g/mol. The molecule has 0 fully saturated rings. The molecule has 4 rings (SSSR count). The van der Waals surface area contributed by atoms with Crippen molar-refractivity contribution in [2.75, 3.05) is 5.73 Å². The molecule has 0 amide bonds. The zero-order valence-corrected chi connectivity index (χ0v) is 17.1. The summed E-state index contributed by atoms with van der Waals surface area (Å²) < 4.78 is 25.4. The van der Waals surface area contributed by atoms with Gasteiger partial charge >= 0.3 is 0 Å². The van der Waals surface area contributed by atoms with E-state index < -0.39 is 9.84 Å². The summed E-state index contributed by atoms with van der Waals surface area (Å²) in [7, 11) is -3.68. The van der Waals surface area contributed by atoms with Crippen molar-refractivity contribution in [1.82, 2.24) is 15.2 Å². The molecule has 0 unspecified atom stereocenters. The number of anilines is 1. The van der Waals surface area contributed by atoms with Gasteiger partial charge in [-0.05, 0) is 35.4 Å². The van der Waals surface area contributed by atoms with Crippen LogP contribution in [0.25, 0.3) is 22.2 Å². The Morgan fingerprint density at radius 3 is 2.48 bits per heavy atom. The fourth-order valence-corrected chi connectivity index (χ4v) is 5.19. The molecule has 7 nitrogen and oxygen atoms in total. The maximum atomic E-state index is 12.7. The van der Waals surface area contributed by atoms with Crippen molar-refractivity contribution in [3.8, 4) is 11.3 Å². The Hall–Kier alpha value is -2.81. The Balaban J connectivity index is 1.65. The fraction of sp³-hybridized carbons (Fsp3) is 0.0526. The number of aromatic nitrogens is 3. The third-order valence-corrected chi connectivity index (χ3v) is 6.83. The van der Waals surface area contributed by atoms with Crippen molar-refractivity contribution in [2.45, 2.75) is 10.6 Å². The molecule has 2 aromatic heterocycles. The predicted octanol–water partition coefficient (Wildman–Crippen LogP) is 3.78. The number of nitrogens with zero attached hydrogens (tertiary/aromatic N) is 1. The maximum absolute atomic E-state index is 12.7. The van der Waals surface area contributed by atoms with Gasteiger partial charge in [-0.3, -0.25) is 9.89 Å². The second-order valence-electron chi connectivity index (χ2n) is 6.44. The summed E-state index contributed by atoms with van der Waals surface area (Å²) in [6.07, 6.45) is 0. The van der Waals surface area contributed by atoms with Gasteiger partial charge < -0.3 is 10.7 Å². The van der Waals surface area contributed by atoms with Crippen LogP contribution in [0.2, 0.25) is 10.0 Å². The zero-order valence-electron chi connectivity index (χ0n) is 14.7. The Labute approximate surface area is 175 Å². The lowest BCUT2D eigenvalue weighted by Gasteiger charge is -2.08. The van der Waals surface area contributed by atoms with Crippen LogP contribution in [0.1, 0.15) is 5.56 Å². The summed E-state index contributed by atoms with van der Waals surface area (Å²) in [4.78, 5) is 15.0. The first-order chi connectivity index (χ1) is 13.7. The Morgan fingerprint density at radius 1 is 1.03 bits per heavy atom. The van der Waals surface area contributed by atoms with E-state index in [1.165, 1.54) is 18.2 Å². The van der Waals surface area contributed by atoms with Crippen molar-refractivity contribution in [3.05, 3.63) is 74.5 Å². The molecule has 2 aromatic carbocycles. The van der Waals surface area contributed by atoms with E-state index in [0.29, 0.717) is 32.7 Å². The van der Waals surface area contributed by atoms with E-state index in [4.69, 9.17) is 28.9 Å². The van der Waals surface area contributed by atoms with E-state index in [-0.39, 0.29) is 27.0 Å². The van der Waals surface area contributed by atoms with Gasteiger partial charge in [0.25, 0.3) is 5.56 Å². The SMILES string of the molecule is Nc1n[nH]c2cc(-c3ccc(CS(=O)(=O)c4cc(Cl)ccc4Cl)cc3)[nH]c(=O)c12. The Bertz CT molecular complexity index is 1390. The second-order valence-corrected chi connectivity index (χ2v) is 9.24. The normalized spacial score (nSPS) is 11.8. The third-order valence-electron chi connectivity index (χ3n) is 4.44. The number of hydrogen-bond acceptors (Lipinski definition) is 5. The molecule has 4 aromatic rings. The number of nitrogen functional groups attached to an aromatic ring is 1. The summed E-state index contributed by atoms with van der Waals surface area (Å²) in [5.41, 5.74) is 7.67. The zero-order chi connectivity index (χ0) is 20.8. The van der Waals surface area contributed by atoms with Crippen molar-refractivity contribution >= 4 is 49.8 Å². The molecule has 2 heterocycles. The highest BCUT2D eigenvalue weighted by molar-refractivity contribution is 7.90. The molecule has 0 aliphatic heterocycles. The molecule has 4 N–H and O–H groups in total. The largest absolute Gasteiger partial charge is 0.382 e. The van der Waals surface area contributed by atoms with E-state index in [2.05, 4.69) is 15.2 Å². The highest BCUT2D eigenvalue weighted by Crippen LogP contribution is 2.28. The number of pyridine rings is 1. The molecule has 10 heteroatoms. The van der Waals surface area contributed by atoms with Crippen LogP contribution in [0.4, 0.5) is 5.82 Å². The molecule has 0 saturated heterocycles. The van der Waals surface area contributed by atoms with Gasteiger partial charge in [-0.25, -0.2) is 8.42 Å². The number of sulfone groups is 1. The molecule has 0 aliphatic rings. The summed E-state index contributed by atoms with van der Waals surface area (Å²) in [6, 6.07) is 12.8. The van der Waals surface area contributed by atoms with Gasteiger partial charge in [0.15, 0.2) is 15.7 Å². The van der Waals surface area contributed by atoms with Gasteiger partial charge in [0.2, 0.25) is 0 Å². The number of benzene rings is 2. The van der Waals surface area contributed by atoms with Crippen molar-refractivity contribution < 1.29 is 8.42 Å². The first-order valence-electron chi connectivity index (χ1n) is 8.38. The van der Waals surface area contributed by atoms with Gasteiger partial charge in [0, 0.05) is 5.02 Å². The first kappa shape index (κ1) is 19.5. The summed E-state index contributed by atoms with van der Waals surface area (Å²) >= 11 is 11.9. The number of hydrogen-bond donors (Lipinski definition) is 3. The van der Waals surface area contributed by atoms with Crippen LogP contribution in [0.3, 0.4) is 0 Å². The van der Waals surface area contributed by atoms with Gasteiger partial charge in [0.05, 0.1) is 26.9 Å². The molecule has 0 spiro atoms. The molecule has 0 saturated carbocycles. The van der Waals surface area contributed by atoms with Crippen LogP contribution in [-0.2, 0) is 15.6 Å². The lowest BCUT2D eigenvalue weighted by Crippen LogP contribution is -2.08. The molecule has 0 atom stereocenters. The number of H-pyrrole nitrogens is 2. The van der Waals surface area contributed by atoms with E-state index >= 15 is 0 Å². The fourth-order valence-electron chi connectivity index (χ4n) is 3.03. The summed E-state index contributed by atoms with van der Waals surface area (Å²) in [5.74, 6) is -0.104. The highest BCUT2D eigenvalue weighted by atomic mass is 35.5. The predicted molar refractivity (Wildman–Crippen MR) is 114 cm³/mol. The molecule has 29 heavy (non-hydrogen) atoms. The molecule has 0 bridgehead atoms. The van der Waals surface area contributed by atoms with E-state index in [1.54, 1.807) is 30.3 Å². The smallest absolute Gasteiger partial charge is 0.261 e. The monoisotopic (exact) mass is 448 g/mol. The van der Waals surface area contributed by atoms with Gasteiger partial charge in [-0.1, -0.05) is 47.5 Å². The van der Waals surface area contributed by atoms with Crippen molar-refractivity contribution in [2.24, 2.45) is 0 Å². The Kier molecular flexibility index (Phi) is 4.85. The number of nitrogens with one attached hydrogen (secondary N) is 2. The standard InChI is InChI=1S/C19H14Cl2N4O3S/c20-12-5-6-13(21)16(7-12)29(27,28)9-10-1-3-11(4-2-10)14-8-15-17(19(26)23-14)18(22)25-24-15/h1-8H,9H2,(H,23,26)(H3,22,24,25). The second kappa shape index (κ2) is 7.22. The minimum absolute atomic E-state index is 0.0117. The topological polar surface area (TPSA) is 122 Å². The first-order valence-corrected chi connectivity index (χ1v) is 10.8. The highest BCUT2D eigenvalue weighted by Gasteiger charge is 2.19. The van der Waals surface area contributed by atoms with E-state index in [1.807, 2.05) is 0 Å². The van der Waals surface area contributed by atoms with Crippen LogP contribution in [-0.4, -0.2) is 23.6 Å². The number of fused-ring (bicyclic) bond motifs is 1. The number of rotatable bonds is 4.